The van der Waals surface area contributed by atoms with Crippen LogP contribution in [0.1, 0.15) is 39.5 Å². The lowest BCUT2D eigenvalue weighted by Crippen LogP contribution is -2.39. The molecule has 0 aliphatic rings. The normalized spacial score (nSPS) is 13.2. The van der Waals surface area contributed by atoms with Gasteiger partial charge < -0.3 is 11.1 Å². The maximum Gasteiger partial charge on any atom is 0.234 e. The van der Waals surface area contributed by atoms with Gasteiger partial charge in [-0.25, -0.2) is 0 Å². The van der Waals surface area contributed by atoms with E-state index in [-0.39, 0.29) is 11.9 Å². The summed E-state index contributed by atoms with van der Waals surface area (Å²) >= 11 is 0. The molecule has 1 atom stereocenters. The third kappa shape index (κ3) is 4.88. The molecule has 1 unspecified atom stereocenters. The number of primary amides is 1. The van der Waals surface area contributed by atoms with Crippen LogP contribution in [0.3, 0.4) is 0 Å². The summed E-state index contributed by atoms with van der Waals surface area (Å²) in [6.07, 6.45) is 4.32. The maximum absolute atomic E-state index is 10.9. The van der Waals surface area contributed by atoms with Crippen LogP contribution in [0.25, 0.3) is 0 Å². The van der Waals surface area contributed by atoms with Crippen molar-refractivity contribution in [1.29, 1.82) is 0 Å². The van der Waals surface area contributed by atoms with Gasteiger partial charge >= 0.3 is 0 Å². The lowest BCUT2D eigenvalue weighted by Gasteiger charge is -2.16. The van der Waals surface area contributed by atoms with Crippen LogP contribution in [0.5, 0.6) is 0 Å². The molecule has 78 valence electrons. The molecule has 0 aromatic heterocycles. The molecule has 0 saturated heterocycles. The smallest absolute Gasteiger partial charge is 0.234 e. The lowest BCUT2D eigenvalue weighted by atomic mass is 9.95. The van der Waals surface area contributed by atoms with Crippen LogP contribution in [0, 0.1) is 5.92 Å². The number of carbonyl (C=O) groups excluding carboxylic acids is 1. The highest BCUT2D eigenvalue weighted by Crippen LogP contribution is 2.15. The van der Waals surface area contributed by atoms with Crippen LogP contribution in [-0.4, -0.2) is 19.0 Å². The first-order chi connectivity index (χ1) is 6.15. The van der Waals surface area contributed by atoms with E-state index >= 15 is 0 Å². The molecule has 0 aliphatic carbocycles. The predicted molar refractivity (Wildman–Crippen MR) is 55.3 cm³/mol. The average Bonchev–Trinajstić information content (AvgIpc) is 2.12. The molecular formula is C10H22N2O. The Bertz CT molecular complexity index is 144. The van der Waals surface area contributed by atoms with Crippen molar-refractivity contribution in [2.45, 2.75) is 45.6 Å². The summed E-state index contributed by atoms with van der Waals surface area (Å²) in [6, 6.07) is -0.152. The summed E-state index contributed by atoms with van der Waals surface area (Å²) in [4.78, 5) is 10.9. The molecule has 1 amide bonds. The largest absolute Gasteiger partial charge is 0.368 e. The number of nitrogens with two attached hydrogens (primary N) is 1. The SMILES string of the molecule is CCC(CC)CCC(NC)C(N)=O. The Morgan fingerprint density at radius 1 is 1.31 bits per heavy atom. The first-order valence-corrected chi connectivity index (χ1v) is 5.12. The topological polar surface area (TPSA) is 55.1 Å². The molecule has 0 bridgehead atoms. The number of hydrogen-bond donors (Lipinski definition) is 2. The number of amides is 1. The third-order valence-electron chi connectivity index (χ3n) is 2.71. The van der Waals surface area contributed by atoms with Gasteiger partial charge in [0.25, 0.3) is 0 Å². The lowest BCUT2D eigenvalue weighted by molar-refractivity contribution is -0.120. The molecule has 0 aromatic rings. The van der Waals surface area contributed by atoms with E-state index in [0.717, 1.165) is 18.8 Å². The van der Waals surface area contributed by atoms with E-state index in [4.69, 9.17) is 5.73 Å². The Hall–Kier alpha value is -0.570. The second-order valence-electron chi connectivity index (χ2n) is 3.50. The highest BCUT2D eigenvalue weighted by molar-refractivity contribution is 5.79. The quantitative estimate of drug-likeness (QED) is 0.629. The minimum absolute atomic E-state index is 0.152. The van der Waals surface area contributed by atoms with E-state index in [1.54, 1.807) is 7.05 Å². The fraction of sp³-hybridized carbons (Fsp3) is 0.900. The van der Waals surface area contributed by atoms with Crippen LogP contribution in [0.4, 0.5) is 0 Å². The number of rotatable bonds is 7. The second-order valence-corrected chi connectivity index (χ2v) is 3.50. The number of likely N-dealkylation sites (N-methyl/N-ethyl adjacent to an activating group) is 1. The van der Waals surface area contributed by atoms with Crippen molar-refractivity contribution in [1.82, 2.24) is 5.32 Å². The first kappa shape index (κ1) is 12.4. The van der Waals surface area contributed by atoms with Crippen molar-refractivity contribution in [3.8, 4) is 0 Å². The van der Waals surface area contributed by atoms with Crippen molar-refractivity contribution in [2.24, 2.45) is 11.7 Å². The zero-order valence-electron chi connectivity index (χ0n) is 8.97. The fourth-order valence-corrected chi connectivity index (χ4v) is 1.53. The van der Waals surface area contributed by atoms with E-state index in [0.29, 0.717) is 0 Å². The summed E-state index contributed by atoms with van der Waals surface area (Å²) in [5.74, 6) is 0.489. The van der Waals surface area contributed by atoms with Gasteiger partial charge in [-0.1, -0.05) is 26.7 Å². The number of nitrogens with one attached hydrogen (secondary N) is 1. The molecule has 0 heterocycles. The molecule has 3 nitrogen and oxygen atoms in total. The monoisotopic (exact) mass is 186 g/mol. The van der Waals surface area contributed by atoms with Crippen LogP contribution in [-0.2, 0) is 4.79 Å². The van der Waals surface area contributed by atoms with Crippen molar-refractivity contribution >= 4 is 5.91 Å². The van der Waals surface area contributed by atoms with Crippen molar-refractivity contribution in [3.63, 3.8) is 0 Å². The van der Waals surface area contributed by atoms with Gasteiger partial charge in [0.05, 0.1) is 6.04 Å². The van der Waals surface area contributed by atoms with E-state index in [1.165, 1.54) is 12.8 Å². The van der Waals surface area contributed by atoms with Crippen LogP contribution in [0.2, 0.25) is 0 Å². The fourth-order valence-electron chi connectivity index (χ4n) is 1.53. The third-order valence-corrected chi connectivity index (χ3v) is 2.71. The highest BCUT2D eigenvalue weighted by atomic mass is 16.1. The molecule has 13 heavy (non-hydrogen) atoms. The molecule has 0 radical (unpaired) electrons. The Labute approximate surface area is 81.1 Å². The Balaban J connectivity index is 3.76. The van der Waals surface area contributed by atoms with Gasteiger partial charge in [0, 0.05) is 0 Å². The zero-order valence-corrected chi connectivity index (χ0v) is 8.97. The molecule has 0 aromatic carbocycles. The molecule has 0 spiro atoms. The van der Waals surface area contributed by atoms with Crippen LogP contribution in [0.15, 0.2) is 0 Å². The van der Waals surface area contributed by atoms with Gasteiger partial charge in [-0.2, -0.15) is 0 Å². The van der Waals surface area contributed by atoms with Crippen molar-refractivity contribution in [3.05, 3.63) is 0 Å². The summed E-state index contributed by atoms with van der Waals surface area (Å²) in [5, 5.41) is 2.93. The van der Waals surface area contributed by atoms with Gasteiger partial charge in [0.15, 0.2) is 0 Å². The van der Waals surface area contributed by atoms with E-state index in [2.05, 4.69) is 19.2 Å². The average molecular weight is 186 g/mol. The number of hydrogen-bond acceptors (Lipinski definition) is 2. The molecule has 3 N–H and O–H groups in total. The highest BCUT2D eigenvalue weighted by Gasteiger charge is 2.14. The first-order valence-electron chi connectivity index (χ1n) is 5.12. The van der Waals surface area contributed by atoms with Crippen LogP contribution >= 0.6 is 0 Å². The Morgan fingerprint density at radius 3 is 2.15 bits per heavy atom. The minimum Gasteiger partial charge on any atom is -0.368 e. The summed E-state index contributed by atoms with van der Waals surface area (Å²) < 4.78 is 0. The van der Waals surface area contributed by atoms with Crippen molar-refractivity contribution < 1.29 is 4.79 Å². The molecule has 3 heteroatoms. The van der Waals surface area contributed by atoms with Gasteiger partial charge in [-0.05, 0) is 25.8 Å². The maximum atomic E-state index is 10.9. The van der Waals surface area contributed by atoms with E-state index in [9.17, 15) is 4.79 Å². The molecule has 0 fully saturated rings. The predicted octanol–water partition coefficient (Wildman–Crippen LogP) is 1.28. The minimum atomic E-state index is -0.242. The second kappa shape index (κ2) is 6.89. The standard InChI is InChI=1S/C10H22N2O/c1-4-8(5-2)6-7-9(12-3)10(11)13/h8-9,12H,4-7H2,1-3H3,(H2,11,13). The van der Waals surface area contributed by atoms with E-state index < -0.39 is 0 Å². The van der Waals surface area contributed by atoms with E-state index in [1.807, 2.05) is 0 Å². The molecule has 0 rings (SSSR count). The zero-order chi connectivity index (χ0) is 10.3. The summed E-state index contributed by atoms with van der Waals surface area (Å²) in [6.45, 7) is 4.37. The Kier molecular flexibility index (Phi) is 6.59. The molecule has 0 aliphatic heterocycles. The van der Waals surface area contributed by atoms with Crippen molar-refractivity contribution in [2.75, 3.05) is 7.05 Å². The van der Waals surface area contributed by atoms with Gasteiger partial charge in [-0.15, -0.1) is 0 Å². The van der Waals surface area contributed by atoms with Gasteiger partial charge in [-0.3, -0.25) is 4.79 Å². The van der Waals surface area contributed by atoms with Crippen LogP contribution < -0.4 is 11.1 Å². The Morgan fingerprint density at radius 2 is 1.85 bits per heavy atom. The molecule has 0 saturated carbocycles. The summed E-state index contributed by atoms with van der Waals surface area (Å²) in [7, 11) is 1.78. The summed E-state index contributed by atoms with van der Waals surface area (Å²) in [5.41, 5.74) is 5.21. The number of carbonyl (C=O) groups is 1. The van der Waals surface area contributed by atoms with Gasteiger partial charge in [0.2, 0.25) is 5.91 Å². The molecular weight excluding hydrogens is 164 g/mol. The van der Waals surface area contributed by atoms with Gasteiger partial charge in [0.1, 0.15) is 0 Å².